The van der Waals surface area contributed by atoms with Crippen LogP contribution >= 0.6 is 0 Å². The molecule has 35 heavy (non-hydrogen) atoms. The Hall–Kier alpha value is -3.45. The zero-order valence-corrected chi connectivity index (χ0v) is 20.0. The van der Waals surface area contributed by atoms with E-state index in [0.29, 0.717) is 31.7 Å². The molecule has 0 unspecified atom stereocenters. The van der Waals surface area contributed by atoms with Crippen molar-refractivity contribution in [3.05, 3.63) is 89.0 Å². The smallest absolute Gasteiger partial charge is 0.251 e. The van der Waals surface area contributed by atoms with Gasteiger partial charge in [0.15, 0.2) is 0 Å². The molecule has 0 saturated carbocycles. The molecule has 0 fully saturated rings. The van der Waals surface area contributed by atoms with Crippen LogP contribution in [-0.2, 0) is 11.3 Å². The fourth-order valence-corrected chi connectivity index (χ4v) is 3.95. The van der Waals surface area contributed by atoms with Crippen molar-refractivity contribution in [2.45, 2.75) is 19.9 Å². The number of carbonyl (C=O) groups excluding carboxylic acids is 1. The predicted octanol–water partition coefficient (Wildman–Crippen LogP) is 4.16. The van der Waals surface area contributed by atoms with Gasteiger partial charge in [-0.1, -0.05) is 48.0 Å². The van der Waals surface area contributed by atoms with E-state index in [0.717, 1.165) is 33.7 Å². The van der Waals surface area contributed by atoms with E-state index >= 15 is 0 Å². The van der Waals surface area contributed by atoms with Crippen LogP contribution in [0.1, 0.15) is 23.1 Å². The summed E-state index contributed by atoms with van der Waals surface area (Å²) in [6.07, 6.45) is 2.45. The van der Waals surface area contributed by atoms with Crippen molar-refractivity contribution in [1.82, 2.24) is 5.32 Å². The number of fused-ring (bicyclic) bond motifs is 1. The van der Waals surface area contributed by atoms with Crippen LogP contribution in [0.3, 0.4) is 0 Å². The molecule has 4 N–H and O–H groups in total. The predicted molar refractivity (Wildman–Crippen MR) is 139 cm³/mol. The number of aliphatic hydroxyl groups excluding tert-OH is 2. The number of aliphatic hydroxyl groups is 2. The van der Waals surface area contributed by atoms with Crippen LogP contribution in [0.25, 0.3) is 17.2 Å². The van der Waals surface area contributed by atoms with Gasteiger partial charge in [-0.15, -0.1) is 0 Å². The molecule has 0 aliphatic carbocycles. The number of benzene rings is 3. The molecule has 1 aliphatic rings. The van der Waals surface area contributed by atoms with E-state index in [2.05, 4.69) is 47.9 Å². The molecule has 1 aliphatic heterocycles. The van der Waals surface area contributed by atoms with Gasteiger partial charge in [-0.2, -0.15) is 0 Å². The van der Waals surface area contributed by atoms with Gasteiger partial charge in [-0.05, 0) is 54.0 Å². The first-order valence-corrected chi connectivity index (χ1v) is 11.9. The number of ether oxygens (including phenoxy) is 1. The SMILES string of the molecule is Cc1ccc(-c2ccc3c(c2)C=C(C(=O)Nc2ccc(CNCC(CO)CO)cc2)CCO3)cc1. The number of nitrogens with one attached hydrogen (secondary N) is 2. The molecule has 3 aromatic rings. The summed E-state index contributed by atoms with van der Waals surface area (Å²) in [6.45, 7) is 3.57. The molecular weight excluding hydrogens is 440 g/mol. The third-order valence-corrected chi connectivity index (χ3v) is 6.14. The largest absolute Gasteiger partial charge is 0.493 e. The number of rotatable bonds is 9. The van der Waals surface area contributed by atoms with Crippen molar-refractivity contribution in [2.75, 3.05) is 31.7 Å². The van der Waals surface area contributed by atoms with Gasteiger partial charge in [-0.25, -0.2) is 0 Å². The monoisotopic (exact) mass is 472 g/mol. The minimum Gasteiger partial charge on any atom is -0.493 e. The Labute approximate surface area is 206 Å². The van der Waals surface area contributed by atoms with Crippen LogP contribution in [0.5, 0.6) is 5.75 Å². The van der Waals surface area contributed by atoms with Crippen molar-refractivity contribution < 1.29 is 19.7 Å². The number of hydrogen-bond acceptors (Lipinski definition) is 5. The van der Waals surface area contributed by atoms with Crippen molar-refractivity contribution in [3.63, 3.8) is 0 Å². The van der Waals surface area contributed by atoms with E-state index in [4.69, 9.17) is 14.9 Å². The Bertz CT molecular complexity index is 1170. The molecule has 1 amide bonds. The minimum absolute atomic E-state index is 0.0485. The molecule has 4 rings (SSSR count). The zero-order valence-electron chi connectivity index (χ0n) is 20.0. The van der Waals surface area contributed by atoms with Gasteiger partial charge in [-0.3, -0.25) is 4.79 Å². The van der Waals surface area contributed by atoms with E-state index in [1.165, 1.54) is 5.56 Å². The van der Waals surface area contributed by atoms with Crippen molar-refractivity contribution in [1.29, 1.82) is 0 Å². The van der Waals surface area contributed by atoms with E-state index in [-0.39, 0.29) is 25.0 Å². The highest BCUT2D eigenvalue weighted by atomic mass is 16.5. The van der Waals surface area contributed by atoms with Gasteiger partial charge < -0.3 is 25.6 Å². The normalized spacial score (nSPS) is 13.0. The second-order valence-electron chi connectivity index (χ2n) is 8.90. The quantitative estimate of drug-likeness (QED) is 0.376. The minimum atomic E-state index is -0.163. The van der Waals surface area contributed by atoms with Gasteiger partial charge in [0, 0.05) is 55.5 Å². The van der Waals surface area contributed by atoms with E-state index in [1.54, 1.807) is 0 Å². The number of carbonyl (C=O) groups is 1. The maximum atomic E-state index is 13.0. The Kier molecular flexibility index (Phi) is 8.32. The van der Waals surface area contributed by atoms with Crippen molar-refractivity contribution >= 4 is 17.7 Å². The van der Waals surface area contributed by atoms with Crippen LogP contribution in [0, 0.1) is 12.8 Å². The van der Waals surface area contributed by atoms with Gasteiger partial charge in [0.2, 0.25) is 0 Å². The lowest BCUT2D eigenvalue weighted by molar-refractivity contribution is -0.113. The first-order chi connectivity index (χ1) is 17.1. The molecule has 0 bridgehead atoms. The average Bonchev–Trinajstić information content (AvgIpc) is 3.10. The van der Waals surface area contributed by atoms with Crippen molar-refractivity contribution in [3.8, 4) is 16.9 Å². The average molecular weight is 473 g/mol. The molecule has 182 valence electrons. The number of aryl methyl sites for hydroxylation is 1. The second-order valence-corrected chi connectivity index (χ2v) is 8.90. The molecule has 1 heterocycles. The van der Waals surface area contributed by atoms with Crippen LogP contribution in [-0.4, -0.2) is 42.5 Å². The first kappa shape index (κ1) is 24.7. The number of anilines is 1. The van der Waals surface area contributed by atoms with E-state index < -0.39 is 0 Å². The van der Waals surface area contributed by atoms with Crippen LogP contribution in [0.4, 0.5) is 5.69 Å². The zero-order chi connectivity index (χ0) is 24.6. The Morgan fingerprint density at radius 3 is 2.40 bits per heavy atom. The van der Waals surface area contributed by atoms with Crippen LogP contribution in [0.15, 0.2) is 72.3 Å². The summed E-state index contributed by atoms with van der Waals surface area (Å²) in [5.74, 6) is 0.482. The lowest BCUT2D eigenvalue weighted by atomic mass is 10.00. The Morgan fingerprint density at radius 2 is 1.69 bits per heavy atom. The van der Waals surface area contributed by atoms with E-state index in [1.807, 2.05) is 42.5 Å². The summed E-state index contributed by atoms with van der Waals surface area (Å²) in [5.41, 5.74) is 6.77. The molecule has 0 saturated heterocycles. The summed E-state index contributed by atoms with van der Waals surface area (Å²) in [4.78, 5) is 13.0. The van der Waals surface area contributed by atoms with Crippen LogP contribution < -0.4 is 15.4 Å². The third-order valence-electron chi connectivity index (χ3n) is 6.14. The lowest BCUT2D eigenvalue weighted by Crippen LogP contribution is -2.27. The molecular formula is C29H32N2O4. The molecule has 0 radical (unpaired) electrons. The van der Waals surface area contributed by atoms with Crippen molar-refractivity contribution in [2.24, 2.45) is 5.92 Å². The Morgan fingerprint density at radius 1 is 0.971 bits per heavy atom. The van der Waals surface area contributed by atoms with Gasteiger partial charge in [0.1, 0.15) is 5.75 Å². The van der Waals surface area contributed by atoms with Gasteiger partial charge in [0.25, 0.3) is 5.91 Å². The fraction of sp³-hybridized carbons (Fsp3) is 0.276. The third kappa shape index (κ3) is 6.57. The summed E-state index contributed by atoms with van der Waals surface area (Å²) in [5, 5.41) is 24.5. The molecule has 6 nitrogen and oxygen atoms in total. The molecule has 6 heteroatoms. The lowest BCUT2D eigenvalue weighted by Gasteiger charge is -2.12. The molecule has 3 aromatic carbocycles. The molecule has 0 atom stereocenters. The number of amides is 1. The van der Waals surface area contributed by atoms with Gasteiger partial charge >= 0.3 is 0 Å². The topological polar surface area (TPSA) is 90.8 Å². The molecule has 0 aromatic heterocycles. The highest BCUT2D eigenvalue weighted by Crippen LogP contribution is 2.31. The number of hydrogen-bond donors (Lipinski definition) is 4. The first-order valence-electron chi connectivity index (χ1n) is 11.9. The van der Waals surface area contributed by atoms with E-state index in [9.17, 15) is 4.79 Å². The maximum Gasteiger partial charge on any atom is 0.251 e. The summed E-state index contributed by atoms with van der Waals surface area (Å²) < 4.78 is 5.90. The van der Waals surface area contributed by atoms with Gasteiger partial charge in [0.05, 0.1) is 6.61 Å². The molecule has 0 spiro atoms. The summed E-state index contributed by atoms with van der Waals surface area (Å²) in [7, 11) is 0. The maximum absolute atomic E-state index is 13.0. The summed E-state index contributed by atoms with van der Waals surface area (Å²) >= 11 is 0. The second kappa shape index (κ2) is 11.8. The van der Waals surface area contributed by atoms with Crippen LogP contribution in [0.2, 0.25) is 0 Å². The highest BCUT2D eigenvalue weighted by Gasteiger charge is 2.16. The highest BCUT2D eigenvalue weighted by molar-refractivity contribution is 6.07. The summed E-state index contributed by atoms with van der Waals surface area (Å²) in [6, 6.07) is 22.1. The fourth-order valence-electron chi connectivity index (χ4n) is 3.95. The Balaban J connectivity index is 1.42. The standard InChI is InChI=1S/C29H32N2O4/c1-20-2-6-23(7-3-20)24-8-11-28-26(14-24)15-25(12-13-35-28)29(34)31-27-9-4-21(5-10-27)16-30-17-22(18-32)19-33/h2-11,14-15,22,30,32-33H,12-13,16-19H2,1H3,(H,31,34).